The molecular formula is C21H25ClN4O3. The normalized spacial score (nSPS) is 19.8. The highest BCUT2D eigenvalue weighted by Gasteiger charge is 2.45. The molecule has 1 aromatic rings. The molecule has 0 radical (unpaired) electrons. The lowest BCUT2D eigenvalue weighted by Crippen LogP contribution is -2.47. The van der Waals surface area contributed by atoms with Crippen molar-refractivity contribution in [2.24, 2.45) is 0 Å². The Hall–Kier alpha value is -2.80. The molecule has 0 fully saturated rings. The third kappa shape index (κ3) is 3.74. The van der Waals surface area contributed by atoms with Gasteiger partial charge < -0.3 is 15.1 Å². The highest BCUT2D eigenvalue weighted by Crippen LogP contribution is 2.38. The standard InChI is InChI=1S/C21H25ClN4O3/c1-12(2)10-24(4)19(27)13(3)26-11-16-17(20(26)28)18(23-21(29)25(16)5)14-8-6-7-9-15(14)22/h6-9,13,18H,1,10-11H2,2-5H3,(H,23,29)/t13-,18-/m1/s1. The van der Waals surface area contributed by atoms with E-state index in [9.17, 15) is 14.4 Å². The molecule has 0 saturated heterocycles. The van der Waals surface area contributed by atoms with Gasteiger partial charge in [0.25, 0.3) is 5.91 Å². The molecule has 8 heteroatoms. The van der Waals surface area contributed by atoms with Crippen molar-refractivity contribution in [3.05, 3.63) is 58.3 Å². The lowest BCUT2D eigenvalue weighted by molar-refractivity contribution is -0.141. The molecule has 4 amide bonds. The van der Waals surface area contributed by atoms with E-state index in [2.05, 4.69) is 11.9 Å². The number of urea groups is 1. The zero-order valence-electron chi connectivity index (χ0n) is 17.0. The Morgan fingerprint density at radius 3 is 2.66 bits per heavy atom. The van der Waals surface area contributed by atoms with Crippen LogP contribution in [0.4, 0.5) is 4.79 Å². The van der Waals surface area contributed by atoms with Gasteiger partial charge in [-0.05, 0) is 25.5 Å². The van der Waals surface area contributed by atoms with Crippen LogP contribution in [0.2, 0.25) is 5.02 Å². The second-order valence-corrected chi connectivity index (χ2v) is 7.99. The number of nitrogens with one attached hydrogen (secondary N) is 1. The molecule has 0 bridgehead atoms. The smallest absolute Gasteiger partial charge is 0.322 e. The summed E-state index contributed by atoms with van der Waals surface area (Å²) in [6.07, 6.45) is 0. The van der Waals surface area contributed by atoms with E-state index in [1.807, 2.05) is 13.0 Å². The van der Waals surface area contributed by atoms with Crippen LogP contribution >= 0.6 is 11.6 Å². The van der Waals surface area contributed by atoms with Crippen LogP contribution in [0, 0.1) is 0 Å². The fourth-order valence-corrected chi connectivity index (χ4v) is 4.02. The van der Waals surface area contributed by atoms with Crippen LogP contribution in [0.15, 0.2) is 47.7 Å². The van der Waals surface area contributed by atoms with Crippen LogP contribution in [0.3, 0.4) is 0 Å². The molecule has 2 aliphatic rings. The van der Waals surface area contributed by atoms with Crippen molar-refractivity contribution >= 4 is 29.4 Å². The lowest BCUT2D eigenvalue weighted by atomic mass is 9.95. The zero-order valence-corrected chi connectivity index (χ0v) is 17.8. The first-order chi connectivity index (χ1) is 13.6. The maximum absolute atomic E-state index is 13.3. The lowest BCUT2D eigenvalue weighted by Gasteiger charge is -2.31. The fraction of sp³-hybridized carbons (Fsp3) is 0.381. The van der Waals surface area contributed by atoms with E-state index in [0.717, 1.165) is 5.57 Å². The first-order valence-corrected chi connectivity index (χ1v) is 9.73. The van der Waals surface area contributed by atoms with Gasteiger partial charge in [-0.25, -0.2) is 4.79 Å². The van der Waals surface area contributed by atoms with Gasteiger partial charge in [0.1, 0.15) is 6.04 Å². The molecule has 0 aliphatic carbocycles. The first kappa shape index (κ1) is 20.9. The van der Waals surface area contributed by atoms with Gasteiger partial charge in [-0.3, -0.25) is 14.5 Å². The number of carbonyl (C=O) groups is 3. The number of hydrogen-bond acceptors (Lipinski definition) is 3. The van der Waals surface area contributed by atoms with Gasteiger partial charge in [-0.1, -0.05) is 42.0 Å². The van der Waals surface area contributed by atoms with E-state index in [1.165, 1.54) is 9.80 Å². The minimum Gasteiger partial charge on any atom is -0.340 e. The molecule has 2 heterocycles. The van der Waals surface area contributed by atoms with Gasteiger partial charge >= 0.3 is 6.03 Å². The van der Waals surface area contributed by atoms with Crippen molar-refractivity contribution in [2.75, 3.05) is 27.2 Å². The molecule has 0 saturated carbocycles. The van der Waals surface area contributed by atoms with Gasteiger partial charge in [-0.15, -0.1) is 0 Å². The number of likely N-dealkylation sites (N-methyl/N-ethyl adjacent to an activating group) is 2. The third-order valence-corrected chi connectivity index (χ3v) is 5.66. The highest BCUT2D eigenvalue weighted by molar-refractivity contribution is 6.31. The molecule has 1 N–H and O–H groups in total. The Balaban J connectivity index is 1.93. The molecule has 7 nitrogen and oxygen atoms in total. The summed E-state index contributed by atoms with van der Waals surface area (Å²) in [6.45, 7) is 7.98. The first-order valence-electron chi connectivity index (χ1n) is 9.35. The molecule has 2 aliphatic heterocycles. The number of halogens is 1. The highest BCUT2D eigenvalue weighted by atomic mass is 35.5. The van der Waals surface area contributed by atoms with Crippen molar-refractivity contribution in [1.29, 1.82) is 0 Å². The van der Waals surface area contributed by atoms with E-state index < -0.39 is 12.1 Å². The molecule has 2 atom stereocenters. The number of nitrogens with zero attached hydrogens (tertiary/aromatic N) is 3. The average Bonchev–Trinajstić information content (AvgIpc) is 3.01. The van der Waals surface area contributed by atoms with Crippen molar-refractivity contribution in [3.8, 4) is 0 Å². The van der Waals surface area contributed by atoms with Crippen LogP contribution < -0.4 is 5.32 Å². The van der Waals surface area contributed by atoms with E-state index >= 15 is 0 Å². The topological polar surface area (TPSA) is 73.0 Å². The summed E-state index contributed by atoms with van der Waals surface area (Å²) < 4.78 is 0. The summed E-state index contributed by atoms with van der Waals surface area (Å²) in [6, 6.07) is 5.46. The van der Waals surface area contributed by atoms with Gasteiger partial charge in [0.2, 0.25) is 5.91 Å². The summed E-state index contributed by atoms with van der Waals surface area (Å²) in [5.74, 6) is -0.459. The number of benzene rings is 1. The molecule has 3 rings (SSSR count). The second-order valence-electron chi connectivity index (χ2n) is 7.58. The Morgan fingerprint density at radius 1 is 1.38 bits per heavy atom. The quantitative estimate of drug-likeness (QED) is 0.750. The molecule has 0 aromatic heterocycles. The average molecular weight is 417 g/mol. The predicted molar refractivity (Wildman–Crippen MR) is 111 cm³/mol. The van der Waals surface area contributed by atoms with Crippen LogP contribution in [-0.2, 0) is 9.59 Å². The largest absolute Gasteiger partial charge is 0.340 e. The molecule has 1 aromatic carbocycles. The van der Waals surface area contributed by atoms with Crippen LogP contribution in [0.25, 0.3) is 0 Å². The van der Waals surface area contributed by atoms with Crippen molar-refractivity contribution in [2.45, 2.75) is 25.9 Å². The maximum atomic E-state index is 13.3. The summed E-state index contributed by atoms with van der Waals surface area (Å²) in [4.78, 5) is 43.1. The van der Waals surface area contributed by atoms with E-state index in [1.54, 1.807) is 44.1 Å². The molecule has 154 valence electrons. The van der Waals surface area contributed by atoms with Gasteiger partial charge in [0.05, 0.1) is 23.9 Å². The molecule has 0 spiro atoms. The van der Waals surface area contributed by atoms with E-state index in [0.29, 0.717) is 28.4 Å². The number of rotatable bonds is 5. The molecule has 29 heavy (non-hydrogen) atoms. The van der Waals surface area contributed by atoms with Crippen molar-refractivity contribution in [1.82, 2.24) is 20.0 Å². The summed E-state index contributed by atoms with van der Waals surface area (Å²) >= 11 is 6.34. The number of amides is 4. The monoisotopic (exact) mass is 416 g/mol. The van der Waals surface area contributed by atoms with E-state index in [4.69, 9.17) is 11.6 Å². The summed E-state index contributed by atoms with van der Waals surface area (Å²) in [5, 5.41) is 3.32. The van der Waals surface area contributed by atoms with Crippen LogP contribution in [0.5, 0.6) is 0 Å². The minimum atomic E-state index is -0.673. The van der Waals surface area contributed by atoms with Gasteiger partial charge in [0.15, 0.2) is 0 Å². The summed E-state index contributed by atoms with van der Waals surface area (Å²) in [7, 11) is 3.30. The predicted octanol–water partition coefficient (Wildman–Crippen LogP) is 2.56. The van der Waals surface area contributed by atoms with Crippen molar-refractivity contribution in [3.63, 3.8) is 0 Å². The van der Waals surface area contributed by atoms with Crippen LogP contribution in [0.1, 0.15) is 25.5 Å². The van der Waals surface area contributed by atoms with Gasteiger partial charge in [-0.2, -0.15) is 0 Å². The number of carbonyl (C=O) groups excluding carboxylic acids is 3. The Labute approximate surface area is 175 Å². The second kappa shape index (κ2) is 7.91. The zero-order chi connectivity index (χ0) is 21.5. The Morgan fingerprint density at radius 2 is 2.03 bits per heavy atom. The SMILES string of the molecule is C=C(C)CN(C)C(=O)[C@@H](C)N1CC2=C(C1=O)[C@@H](c1ccccc1Cl)NC(=O)N2C. The molecular weight excluding hydrogens is 392 g/mol. The number of hydrogen-bond donors (Lipinski definition) is 1. The Kier molecular flexibility index (Phi) is 5.71. The fourth-order valence-electron chi connectivity index (χ4n) is 3.78. The third-order valence-electron chi connectivity index (χ3n) is 5.31. The van der Waals surface area contributed by atoms with E-state index in [-0.39, 0.29) is 24.4 Å². The molecule has 0 unspecified atom stereocenters. The van der Waals surface area contributed by atoms with Crippen molar-refractivity contribution < 1.29 is 14.4 Å². The van der Waals surface area contributed by atoms with Gasteiger partial charge in [0, 0.05) is 25.7 Å². The summed E-state index contributed by atoms with van der Waals surface area (Å²) in [5.41, 5.74) is 2.54. The minimum absolute atomic E-state index is 0.183. The maximum Gasteiger partial charge on any atom is 0.322 e. The Bertz CT molecular complexity index is 926. The van der Waals surface area contributed by atoms with Crippen LogP contribution in [-0.4, -0.2) is 65.8 Å².